The summed E-state index contributed by atoms with van der Waals surface area (Å²) in [7, 11) is 4.61. The number of hydrogen-bond donors (Lipinski definition) is 0. The summed E-state index contributed by atoms with van der Waals surface area (Å²) < 4.78 is 39.0. The predicted molar refractivity (Wildman–Crippen MR) is 132 cm³/mol. The van der Waals surface area contributed by atoms with Crippen LogP contribution in [0.5, 0.6) is 34.5 Å². The maximum Gasteiger partial charge on any atom is 0.231 e. The Hall–Kier alpha value is -3.88. The maximum atomic E-state index is 13.0. The van der Waals surface area contributed by atoms with Crippen LogP contribution < -0.4 is 28.4 Å². The van der Waals surface area contributed by atoms with E-state index in [0.29, 0.717) is 57.3 Å². The van der Waals surface area contributed by atoms with E-state index in [2.05, 4.69) is 0 Å². The van der Waals surface area contributed by atoms with Crippen LogP contribution in [0.4, 0.5) is 0 Å². The molecule has 0 radical (unpaired) electrons. The highest BCUT2D eigenvalue weighted by Crippen LogP contribution is 2.39. The van der Waals surface area contributed by atoms with E-state index in [1.54, 1.807) is 42.5 Å². The lowest BCUT2D eigenvalue weighted by Gasteiger charge is -2.21. The van der Waals surface area contributed by atoms with Crippen molar-refractivity contribution < 1.29 is 38.0 Å². The van der Waals surface area contributed by atoms with Crippen LogP contribution in [0.15, 0.2) is 48.2 Å². The standard InChI is InChI=1S/C27H23ClO8/c1-30-21-11-24(32-3)23(31-2)8-15(21)9-25-26(29)20-5-4-19(10-22(20)36-25)34-13-17-7-18(28)6-16-12-33-14-35-27(16)17/h4-11H,12-14H2,1-3H3/b25-9-. The zero-order valence-electron chi connectivity index (χ0n) is 19.9. The Kier molecular flexibility index (Phi) is 6.63. The molecule has 36 heavy (non-hydrogen) atoms. The molecule has 0 spiro atoms. The van der Waals surface area contributed by atoms with Gasteiger partial charge in [0.2, 0.25) is 5.78 Å². The molecule has 0 saturated carbocycles. The number of methoxy groups -OCH3 is 3. The van der Waals surface area contributed by atoms with Gasteiger partial charge in [0, 0.05) is 33.8 Å². The second kappa shape index (κ2) is 10.0. The molecule has 8 nitrogen and oxygen atoms in total. The Bertz CT molecular complexity index is 1360. The number of ether oxygens (including phenoxy) is 7. The van der Waals surface area contributed by atoms with E-state index < -0.39 is 0 Å². The molecule has 0 saturated heterocycles. The number of halogens is 1. The number of fused-ring (bicyclic) bond motifs is 2. The fourth-order valence-electron chi connectivity index (χ4n) is 4.09. The van der Waals surface area contributed by atoms with Gasteiger partial charge >= 0.3 is 0 Å². The molecule has 9 heteroatoms. The summed E-state index contributed by atoms with van der Waals surface area (Å²) in [6, 6.07) is 12.1. The molecule has 0 aromatic heterocycles. The largest absolute Gasteiger partial charge is 0.496 e. The fourth-order valence-corrected chi connectivity index (χ4v) is 4.35. The van der Waals surface area contributed by atoms with Crippen LogP contribution in [0, 0.1) is 0 Å². The zero-order valence-corrected chi connectivity index (χ0v) is 20.6. The van der Waals surface area contributed by atoms with E-state index in [4.69, 9.17) is 44.8 Å². The zero-order chi connectivity index (χ0) is 25.2. The van der Waals surface area contributed by atoms with Gasteiger partial charge in [-0.25, -0.2) is 0 Å². The molecule has 0 N–H and O–H groups in total. The highest BCUT2D eigenvalue weighted by Gasteiger charge is 2.28. The summed E-state index contributed by atoms with van der Waals surface area (Å²) in [4.78, 5) is 13.0. The molecule has 0 bridgehead atoms. The summed E-state index contributed by atoms with van der Waals surface area (Å²) in [6.07, 6.45) is 1.61. The van der Waals surface area contributed by atoms with Crippen molar-refractivity contribution in [2.75, 3.05) is 28.1 Å². The first kappa shape index (κ1) is 23.8. The quantitative estimate of drug-likeness (QED) is 0.389. The van der Waals surface area contributed by atoms with Gasteiger partial charge in [-0.3, -0.25) is 4.79 Å². The fraction of sp³-hybridized carbons (Fsp3) is 0.222. The lowest BCUT2D eigenvalue weighted by molar-refractivity contribution is -0.0175. The summed E-state index contributed by atoms with van der Waals surface area (Å²) in [5, 5.41) is 0.574. The molecular weight excluding hydrogens is 488 g/mol. The van der Waals surface area contributed by atoms with Crippen LogP contribution >= 0.6 is 11.6 Å². The molecule has 3 aromatic carbocycles. The van der Waals surface area contributed by atoms with E-state index in [1.165, 1.54) is 21.3 Å². The van der Waals surface area contributed by atoms with Crippen molar-refractivity contribution in [1.29, 1.82) is 0 Å². The smallest absolute Gasteiger partial charge is 0.231 e. The Balaban J connectivity index is 1.37. The van der Waals surface area contributed by atoms with Crippen molar-refractivity contribution in [3.8, 4) is 34.5 Å². The van der Waals surface area contributed by atoms with Crippen molar-refractivity contribution in [2.45, 2.75) is 13.2 Å². The SMILES string of the molecule is COc1cc(OC)c(OC)cc1/C=C1\Oc2cc(OCc3cc(Cl)cc4c3OCOC4)ccc2C1=O. The molecule has 0 atom stereocenters. The van der Waals surface area contributed by atoms with Crippen LogP contribution in [0.3, 0.4) is 0 Å². The number of allylic oxidation sites excluding steroid dienone is 1. The van der Waals surface area contributed by atoms with Crippen molar-refractivity contribution in [2.24, 2.45) is 0 Å². The van der Waals surface area contributed by atoms with Crippen LogP contribution in [-0.4, -0.2) is 33.9 Å². The average molecular weight is 511 g/mol. The number of benzene rings is 3. The number of ketones is 1. The number of hydrogen-bond acceptors (Lipinski definition) is 8. The Morgan fingerprint density at radius 2 is 1.75 bits per heavy atom. The summed E-state index contributed by atoms with van der Waals surface area (Å²) >= 11 is 6.24. The molecule has 2 aliphatic heterocycles. The molecule has 186 valence electrons. The van der Waals surface area contributed by atoms with Crippen molar-refractivity contribution in [3.05, 3.63) is 75.5 Å². The first-order chi connectivity index (χ1) is 17.5. The van der Waals surface area contributed by atoms with E-state index in [0.717, 1.165) is 11.1 Å². The monoisotopic (exact) mass is 510 g/mol. The van der Waals surface area contributed by atoms with Gasteiger partial charge < -0.3 is 33.2 Å². The number of carbonyl (C=O) groups is 1. The normalized spacial score (nSPS) is 15.0. The van der Waals surface area contributed by atoms with Crippen molar-refractivity contribution in [3.63, 3.8) is 0 Å². The van der Waals surface area contributed by atoms with Gasteiger partial charge in [-0.2, -0.15) is 0 Å². The Labute approximate surface area is 212 Å². The van der Waals surface area contributed by atoms with E-state index >= 15 is 0 Å². The van der Waals surface area contributed by atoms with Crippen LogP contribution in [0.1, 0.15) is 27.0 Å². The van der Waals surface area contributed by atoms with Crippen LogP contribution in [0.25, 0.3) is 6.08 Å². The second-order valence-corrected chi connectivity index (χ2v) is 8.44. The van der Waals surface area contributed by atoms with Gasteiger partial charge in [-0.05, 0) is 36.4 Å². The Morgan fingerprint density at radius 3 is 2.53 bits per heavy atom. The van der Waals surface area contributed by atoms with Gasteiger partial charge in [0.25, 0.3) is 0 Å². The average Bonchev–Trinajstić information content (AvgIpc) is 3.20. The van der Waals surface area contributed by atoms with Crippen molar-refractivity contribution in [1.82, 2.24) is 0 Å². The highest BCUT2D eigenvalue weighted by atomic mass is 35.5. The van der Waals surface area contributed by atoms with Gasteiger partial charge in [0.1, 0.15) is 29.6 Å². The molecule has 3 aromatic rings. The van der Waals surface area contributed by atoms with Crippen LogP contribution in [0.2, 0.25) is 5.02 Å². The highest BCUT2D eigenvalue weighted by molar-refractivity contribution is 6.30. The molecule has 0 amide bonds. The van der Waals surface area contributed by atoms with E-state index in [9.17, 15) is 4.79 Å². The molecule has 0 aliphatic carbocycles. The lowest BCUT2D eigenvalue weighted by atomic mass is 10.1. The first-order valence-electron chi connectivity index (χ1n) is 11.0. The molecule has 0 fully saturated rings. The first-order valence-corrected chi connectivity index (χ1v) is 11.4. The lowest BCUT2D eigenvalue weighted by Crippen LogP contribution is -2.14. The van der Waals surface area contributed by atoms with E-state index in [-0.39, 0.29) is 24.9 Å². The number of carbonyl (C=O) groups excluding carboxylic acids is 1. The number of rotatable bonds is 7. The summed E-state index contributed by atoms with van der Waals surface area (Å²) in [5.41, 5.74) is 2.72. The number of Topliss-reactive ketones (excluding diaryl/α,β-unsaturated/α-hetero) is 1. The second-order valence-electron chi connectivity index (χ2n) is 8.00. The molecular formula is C27H23ClO8. The third-order valence-electron chi connectivity index (χ3n) is 5.81. The van der Waals surface area contributed by atoms with Gasteiger partial charge in [-0.1, -0.05) is 11.6 Å². The topological polar surface area (TPSA) is 81.7 Å². The summed E-state index contributed by atoms with van der Waals surface area (Å²) in [5.74, 6) is 3.09. The van der Waals surface area contributed by atoms with Gasteiger partial charge in [0.05, 0.1) is 33.5 Å². The molecule has 5 rings (SSSR count). The molecule has 2 aliphatic rings. The third kappa shape index (κ3) is 4.53. The van der Waals surface area contributed by atoms with E-state index in [1.807, 2.05) is 6.07 Å². The van der Waals surface area contributed by atoms with Crippen molar-refractivity contribution >= 4 is 23.5 Å². The minimum Gasteiger partial charge on any atom is -0.496 e. The van der Waals surface area contributed by atoms with Gasteiger partial charge in [0.15, 0.2) is 24.1 Å². The molecule has 0 unspecified atom stereocenters. The third-order valence-corrected chi connectivity index (χ3v) is 6.03. The maximum absolute atomic E-state index is 13.0. The van der Waals surface area contributed by atoms with Gasteiger partial charge in [-0.15, -0.1) is 0 Å². The summed E-state index contributed by atoms with van der Waals surface area (Å²) in [6.45, 7) is 0.829. The van der Waals surface area contributed by atoms with Crippen LogP contribution in [-0.2, 0) is 18.0 Å². The molecule has 2 heterocycles. The predicted octanol–water partition coefficient (Wildman–Crippen LogP) is 5.43. The minimum absolute atomic E-state index is 0.157. The Morgan fingerprint density at radius 1 is 0.972 bits per heavy atom. The minimum atomic E-state index is -0.245.